The van der Waals surface area contributed by atoms with Gasteiger partial charge in [0.05, 0.1) is 6.61 Å². The van der Waals surface area contributed by atoms with Crippen LogP contribution in [0.5, 0.6) is 5.75 Å². The lowest BCUT2D eigenvalue weighted by Gasteiger charge is -2.10. The number of nitrogens with two attached hydrogens (primary N) is 1. The average molecular weight is 231 g/mol. The maximum absolute atomic E-state index is 5.74. The number of nitrogens with zero attached hydrogens (tertiary/aromatic N) is 1. The van der Waals surface area contributed by atoms with E-state index in [-0.39, 0.29) is 0 Å². The van der Waals surface area contributed by atoms with Gasteiger partial charge in [0.2, 0.25) is 0 Å². The largest absolute Gasteiger partial charge is 0.493 e. The Balaban J connectivity index is 1.92. The maximum atomic E-state index is 5.74. The molecule has 17 heavy (non-hydrogen) atoms. The van der Waals surface area contributed by atoms with Crippen molar-refractivity contribution in [1.29, 1.82) is 0 Å². The van der Waals surface area contributed by atoms with Gasteiger partial charge in [0.1, 0.15) is 11.6 Å². The van der Waals surface area contributed by atoms with Crippen molar-refractivity contribution in [2.45, 2.75) is 20.3 Å². The second kappa shape index (κ2) is 4.91. The SMILES string of the molecule is Cc1cccc(OCCc2cc(N)n[nH]2)c1C. The van der Waals surface area contributed by atoms with Crippen LogP contribution in [0.3, 0.4) is 0 Å². The third kappa shape index (κ3) is 2.78. The second-order valence-corrected chi connectivity index (χ2v) is 4.11. The molecule has 4 nitrogen and oxygen atoms in total. The van der Waals surface area contributed by atoms with Crippen LogP contribution in [0.15, 0.2) is 24.3 Å². The van der Waals surface area contributed by atoms with Gasteiger partial charge in [-0.15, -0.1) is 0 Å². The molecule has 0 atom stereocenters. The minimum atomic E-state index is 0.520. The average Bonchev–Trinajstić information content (AvgIpc) is 2.70. The van der Waals surface area contributed by atoms with Crippen molar-refractivity contribution < 1.29 is 4.74 Å². The minimum absolute atomic E-state index is 0.520. The molecule has 0 radical (unpaired) electrons. The van der Waals surface area contributed by atoms with Gasteiger partial charge in [0.15, 0.2) is 0 Å². The molecule has 0 aliphatic heterocycles. The zero-order chi connectivity index (χ0) is 12.3. The van der Waals surface area contributed by atoms with Crippen molar-refractivity contribution >= 4 is 5.82 Å². The first-order chi connectivity index (χ1) is 8.16. The Morgan fingerprint density at radius 2 is 2.18 bits per heavy atom. The van der Waals surface area contributed by atoms with E-state index in [0.29, 0.717) is 12.4 Å². The molecule has 1 aromatic heterocycles. The highest BCUT2D eigenvalue weighted by Gasteiger charge is 2.02. The smallest absolute Gasteiger partial charge is 0.145 e. The van der Waals surface area contributed by atoms with Crippen LogP contribution in [0.1, 0.15) is 16.8 Å². The molecule has 0 fully saturated rings. The predicted molar refractivity (Wildman–Crippen MR) is 68.1 cm³/mol. The fraction of sp³-hybridized carbons (Fsp3) is 0.308. The number of rotatable bonds is 4. The third-order valence-electron chi connectivity index (χ3n) is 2.83. The first kappa shape index (κ1) is 11.5. The molecule has 90 valence electrons. The topological polar surface area (TPSA) is 63.9 Å². The van der Waals surface area contributed by atoms with Crippen molar-refractivity contribution in [3.63, 3.8) is 0 Å². The number of nitrogen functional groups attached to an aromatic ring is 1. The second-order valence-electron chi connectivity index (χ2n) is 4.11. The summed E-state index contributed by atoms with van der Waals surface area (Å²) in [6, 6.07) is 7.90. The van der Waals surface area contributed by atoms with Crippen LogP contribution >= 0.6 is 0 Å². The van der Waals surface area contributed by atoms with Gasteiger partial charge in [-0.3, -0.25) is 5.10 Å². The molecule has 4 heteroatoms. The minimum Gasteiger partial charge on any atom is -0.493 e. The van der Waals surface area contributed by atoms with E-state index < -0.39 is 0 Å². The monoisotopic (exact) mass is 231 g/mol. The number of H-pyrrole nitrogens is 1. The van der Waals surface area contributed by atoms with Crippen molar-refractivity contribution in [2.75, 3.05) is 12.3 Å². The van der Waals surface area contributed by atoms with Crippen molar-refractivity contribution in [3.8, 4) is 5.75 Å². The van der Waals surface area contributed by atoms with E-state index in [1.807, 2.05) is 18.2 Å². The highest BCUT2D eigenvalue weighted by atomic mass is 16.5. The van der Waals surface area contributed by atoms with Crippen molar-refractivity contribution in [1.82, 2.24) is 10.2 Å². The number of anilines is 1. The van der Waals surface area contributed by atoms with Gasteiger partial charge in [0.25, 0.3) is 0 Å². The maximum Gasteiger partial charge on any atom is 0.145 e. The van der Waals surface area contributed by atoms with Gasteiger partial charge in [-0.1, -0.05) is 12.1 Å². The van der Waals surface area contributed by atoms with Gasteiger partial charge in [-0.2, -0.15) is 5.10 Å². The van der Waals surface area contributed by atoms with E-state index in [0.717, 1.165) is 17.9 Å². The molecule has 1 aromatic carbocycles. The zero-order valence-corrected chi connectivity index (χ0v) is 10.2. The molecule has 3 N–H and O–H groups in total. The van der Waals surface area contributed by atoms with Crippen LogP contribution in [-0.2, 0) is 6.42 Å². The first-order valence-electron chi connectivity index (χ1n) is 5.65. The number of hydrogen-bond acceptors (Lipinski definition) is 3. The number of aromatic nitrogens is 2. The Morgan fingerprint density at radius 3 is 2.88 bits per heavy atom. The number of benzene rings is 1. The number of aromatic amines is 1. The van der Waals surface area contributed by atoms with Gasteiger partial charge >= 0.3 is 0 Å². The van der Waals surface area contributed by atoms with Crippen LogP contribution in [0.2, 0.25) is 0 Å². The van der Waals surface area contributed by atoms with Gasteiger partial charge in [-0.25, -0.2) is 0 Å². The molecule has 0 amide bonds. The molecule has 0 spiro atoms. The summed E-state index contributed by atoms with van der Waals surface area (Å²) in [6.07, 6.45) is 0.775. The summed E-state index contributed by atoms with van der Waals surface area (Å²) in [5.74, 6) is 1.46. The van der Waals surface area contributed by atoms with Crippen LogP contribution in [0.25, 0.3) is 0 Å². The number of ether oxygens (including phenoxy) is 1. The normalized spacial score (nSPS) is 10.5. The lowest BCUT2D eigenvalue weighted by atomic mass is 10.1. The molecule has 0 bridgehead atoms. The van der Waals surface area contributed by atoms with E-state index in [1.54, 1.807) is 0 Å². The Hall–Kier alpha value is -1.97. The number of aryl methyl sites for hydroxylation is 1. The Bertz CT molecular complexity index is 505. The molecule has 0 aliphatic carbocycles. The van der Waals surface area contributed by atoms with Crippen molar-refractivity contribution in [3.05, 3.63) is 41.1 Å². The van der Waals surface area contributed by atoms with E-state index in [9.17, 15) is 0 Å². The number of nitrogens with one attached hydrogen (secondary N) is 1. The molecule has 0 aliphatic rings. The predicted octanol–water partition coefficient (Wildman–Crippen LogP) is 2.23. The highest BCUT2D eigenvalue weighted by Crippen LogP contribution is 2.20. The summed E-state index contributed by atoms with van der Waals surface area (Å²) in [5.41, 5.74) is 8.95. The molecular weight excluding hydrogens is 214 g/mol. The fourth-order valence-corrected chi connectivity index (χ4v) is 1.66. The summed E-state index contributed by atoms with van der Waals surface area (Å²) >= 11 is 0. The zero-order valence-electron chi connectivity index (χ0n) is 10.2. The van der Waals surface area contributed by atoms with Crippen LogP contribution in [0, 0.1) is 13.8 Å². The summed E-state index contributed by atoms with van der Waals surface area (Å²) in [6.45, 7) is 4.77. The molecule has 0 saturated carbocycles. The van der Waals surface area contributed by atoms with Crippen molar-refractivity contribution in [2.24, 2.45) is 0 Å². The summed E-state index contributed by atoms with van der Waals surface area (Å²) in [7, 11) is 0. The number of hydrogen-bond donors (Lipinski definition) is 2. The fourth-order valence-electron chi connectivity index (χ4n) is 1.66. The van der Waals surface area contributed by atoms with E-state index >= 15 is 0 Å². The third-order valence-corrected chi connectivity index (χ3v) is 2.83. The molecular formula is C13H17N3O. The Morgan fingerprint density at radius 1 is 1.35 bits per heavy atom. The van der Waals surface area contributed by atoms with Crippen LogP contribution in [-0.4, -0.2) is 16.8 Å². The van der Waals surface area contributed by atoms with Crippen LogP contribution in [0.4, 0.5) is 5.82 Å². The van der Waals surface area contributed by atoms with Gasteiger partial charge in [0, 0.05) is 18.2 Å². The van der Waals surface area contributed by atoms with Gasteiger partial charge in [-0.05, 0) is 31.0 Å². The molecule has 0 saturated heterocycles. The molecule has 1 heterocycles. The van der Waals surface area contributed by atoms with E-state index in [2.05, 4.69) is 30.1 Å². The highest BCUT2D eigenvalue weighted by molar-refractivity contribution is 5.38. The van der Waals surface area contributed by atoms with E-state index in [4.69, 9.17) is 10.5 Å². The first-order valence-corrected chi connectivity index (χ1v) is 5.65. The molecule has 2 aromatic rings. The van der Waals surface area contributed by atoms with Crippen LogP contribution < -0.4 is 10.5 Å². The summed E-state index contributed by atoms with van der Waals surface area (Å²) < 4.78 is 5.74. The summed E-state index contributed by atoms with van der Waals surface area (Å²) in [4.78, 5) is 0. The quantitative estimate of drug-likeness (QED) is 0.848. The molecule has 0 unspecified atom stereocenters. The van der Waals surface area contributed by atoms with E-state index in [1.165, 1.54) is 11.1 Å². The van der Waals surface area contributed by atoms with Gasteiger partial charge < -0.3 is 10.5 Å². The standard InChI is InChI=1S/C13H17N3O/c1-9-4-3-5-12(10(9)2)17-7-6-11-8-13(14)16-15-11/h3-5,8H,6-7H2,1-2H3,(H3,14,15,16). The summed E-state index contributed by atoms with van der Waals surface area (Å²) in [5, 5.41) is 6.73. The lowest BCUT2D eigenvalue weighted by molar-refractivity contribution is 0.318. The Labute approximate surface area is 101 Å². The molecule has 2 rings (SSSR count). The lowest BCUT2D eigenvalue weighted by Crippen LogP contribution is -2.03. The Kier molecular flexibility index (Phi) is 3.32.